The number of carbonyl (C=O) groups is 1. The van der Waals surface area contributed by atoms with Gasteiger partial charge in [-0.15, -0.1) is 0 Å². The Kier molecular flexibility index (Phi) is 2.84. The molecule has 2 nitrogen and oxygen atoms in total. The molecule has 0 spiro atoms. The first-order chi connectivity index (χ1) is 6.38. The molecular formula is C10H10F2O2. The highest BCUT2D eigenvalue weighted by atomic mass is 19.3. The highest BCUT2D eigenvalue weighted by Gasteiger charge is 2.23. The summed E-state index contributed by atoms with van der Waals surface area (Å²) < 4.78 is 29.2. The molecule has 0 unspecified atom stereocenters. The first kappa shape index (κ1) is 10.6. The van der Waals surface area contributed by atoms with Crippen LogP contribution in [0.4, 0.5) is 8.78 Å². The third-order valence-electron chi connectivity index (χ3n) is 1.54. The Morgan fingerprint density at radius 3 is 2.57 bits per heavy atom. The Labute approximate surface area is 80.5 Å². The molecule has 0 N–H and O–H groups in total. The SMILES string of the molecule is CC(=O)c1cccc(OC(C)(F)F)c1. The predicted octanol–water partition coefficient (Wildman–Crippen LogP) is 2.88. The third-order valence-corrected chi connectivity index (χ3v) is 1.54. The molecule has 0 aromatic heterocycles. The van der Waals surface area contributed by atoms with Crippen LogP contribution in [0.2, 0.25) is 0 Å². The Hall–Kier alpha value is -1.45. The zero-order valence-electron chi connectivity index (χ0n) is 7.88. The molecule has 0 atom stereocenters. The summed E-state index contributed by atoms with van der Waals surface area (Å²) >= 11 is 0. The summed E-state index contributed by atoms with van der Waals surface area (Å²) in [5.41, 5.74) is 0.353. The van der Waals surface area contributed by atoms with Crippen molar-refractivity contribution in [3.05, 3.63) is 29.8 Å². The van der Waals surface area contributed by atoms with Crippen molar-refractivity contribution in [1.82, 2.24) is 0 Å². The number of rotatable bonds is 3. The zero-order chi connectivity index (χ0) is 10.8. The summed E-state index contributed by atoms with van der Waals surface area (Å²) in [5, 5.41) is 0. The molecule has 14 heavy (non-hydrogen) atoms. The fourth-order valence-corrected chi connectivity index (χ4v) is 0.986. The van der Waals surface area contributed by atoms with Gasteiger partial charge in [-0.1, -0.05) is 12.1 Å². The number of hydrogen-bond acceptors (Lipinski definition) is 2. The Bertz CT molecular complexity index is 342. The van der Waals surface area contributed by atoms with Gasteiger partial charge in [-0.2, -0.15) is 8.78 Å². The summed E-state index contributed by atoms with van der Waals surface area (Å²) in [4.78, 5) is 10.9. The van der Waals surface area contributed by atoms with Gasteiger partial charge in [0.05, 0.1) is 0 Å². The van der Waals surface area contributed by atoms with Crippen LogP contribution in [0.5, 0.6) is 5.75 Å². The number of carbonyl (C=O) groups excluding carboxylic acids is 1. The molecular weight excluding hydrogens is 190 g/mol. The van der Waals surface area contributed by atoms with Crippen LogP contribution in [0.25, 0.3) is 0 Å². The number of benzene rings is 1. The van der Waals surface area contributed by atoms with Crippen molar-refractivity contribution < 1.29 is 18.3 Å². The Balaban J connectivity index is 2.89. The minimum absolute atomic E-state index is 0.00907. The first-order valence-electron chi connectivity index (χ1n) is 4.06. The number of alkyl halides is 2. The number of ether oxygens (including phenoxy) is 1. The van der Waals surface area contributed by atoms with Gasteiger partial charge in [-0.25, -0.2) is 0 Å². The first-order valence-corrected chi connectivity index (χ1v) is 4.06. The van der Waals surface area contributed by atoms with Crippen LogP contribution in [-0.4, -0.2) is 11.9 Å². The largest absolute Gasteiger partial charge is 0.433 e. The molecule has 0 aliphatic heterocycles. The summed E-state index contributed by atoms with van der Waals surface area (Å²) in [5.74, 6) is -0.194. The van der Waals surface area contributed by atoms with E-state index in [4.69, 9.17) is 0 Å². The zero-order valence-corrected chi connectivity index (χ0v) is 7.88. The number of hydrogen-bond donors (Lipinski definition) is 0. The summed E-state index contributed by atoms with van der Waals surface area (Å²) in [6.45, 7) is 2.01. The van der Waals surface area contributed by atoms with Crippen molar-refractivity contribution >= 4 is 5.78 Å². The smallest absolute Gasteiger partial charge is 0.394 e. The molecule has 0 saturated heterocycles. The van der Waals surface area contributed by atoms with Gasteiger partial charge < -0.3 is 4.74 Å². The maximum absolute atomic E-state index is 12.4. The van der Waals surface area contributed by atoms with E-state index in [0.717, 1.165) is 0 Å². The Morgan fingerprint density at radius 1 is 1.43 bits per heavy atom. The molecule has 0 aliphatic rings. The maximum atomic E-state index is 12.4. The van der Waals surface area contributed by atoms with Crippen molar-refractivity contribution in [2.75, 3.05) is 0 Å². The second-order valence-electron chi connectivity index (χ2n) is 2.99. The van der Waals surface area contributed by atoms with E-state index < -0.39 is 6.11 Å². The Morgan fingerprint density at radius 2 is 2.07 bits per heavy atom. The van der Waals surface area contributed by atoms with E-state index in [1.54, 1.807) is 6.07 Å². The van der Waals surface area contributed by atoms with Crippen molar-refractivity contribution in [2.45, 2.75) is 20.0 Å². The van der Waals surface area contributed by atoms with Gasteiger partial charge in [-0.3, -0.25) is 4.79 Å². The number of ketones is 1. The van der Waals surface area contributed by atoms with E-state index in [9.17, 15) is 13.6 Å². The topological polar surface area (TPSA) is 26.3 Å². The molecule has 4 heteroatoms. The lowest BCUT2D eigenvalue weighted by molar-refractivity contribution is -0.158. The van der Waals surface area contributed by atoms with Crippen LogP contribution in [0.1, 0.15) is 24.2 Å². The van der Waals surface area contributed by atoms with Crippen LogP contribution in [0, 0.1) is 0 Å². The van der Waals surface area contributed by atoms with E-state index in [0.29, 0.717) is 12.5 Å². The quantitative estimate of drug-likeness (QED) is 0.701. The third kappa shape index (κ3) is 3.12. The number of Topliss-reactive ketones (excluding diaryl/α,β-unsaturated/α-hetero) is 1. The van der Waals surface area contributed by atoms with Gasteiger partial charge in [0, 0.05) is 12.5 Å². The summed E-state index contributed by atoms with van der Waals surface area (Å²) in [6.07, 6.45) is -3.23. The number of halogens is 2. The predicted molar refractivity (Wildman–Crippen MR) is 47.7 cm³/mol. The van der Waals surface area contributed by atoms with E-state index in [-0.39, 0.29) is 11.5 Å². The second kappa shape index (κ2) is 3.74. The fraction of sp³-hybridized carbons (Fsp3) is 0.300. The highest BCUT2D eigenvalue weighted by Crippen LogP contribution is 2.21. The molecule has 1 rings (SSSR count). The van der Waals surface area contributed by atoms with Gasteiger partial charge in [0.15, 0.2) is 5.78 Å². The molecule has 0 amide bonds. The van der Waals surface area contributed by atoms with Crippen LogP contribution in [-0.2, 0) is 0 Å². The normalized spacial score (nSPS) is 11.1. The van der Waals surface area contributed by atoms with Gasteiger partial charge in [0.1, 0.15) is 5.75 Å². The molecule has 1 aromatic carbocycles. The average Bonchev–Trinajstić information content (AvgIpc) is 2.01. The van der Waals surface area contributed by atoms with Crippen molar-refractivity contribution in [3.8, 4) is 5.75 Å². The van der Waals surface area contributed by atoms with Crippen molar-refractivity contribution in [2.24, 2.45) is 0 Å². The lowest BCUT2D eigenvalue weighted by Crippen LogP contribution is -2.19. The van der Waals surface area contributed by atoms with Crippen LogP contribution in [0.3, 0.4) is 0 Å². The lowest BCUT2D eigenvalue weighted by Gasteiger charge is -2.13. The fourth-order valence-electron chi connectivity index (χ4n) is 0.986. The molecule has 76 valence electrons. The average molecular weight is 200 g/mol. The highest BCUT2D eigenvalue weighted by molar-refractivity contribution is 5.94. The molecule has 0 saturated carbocycles. The van der Waals surface area contributed by atoms with E-state index in [1.807, 2.05) is 0 Å². The molecule has 0 bridgehead atoms. The van der Waals surface area contributed by atoms with Crippen molar-refractivity contribution in [1.29, 1.82) is 0 Å². The summed E-state index contributed by atoms with van der Waals surface area (Å²) in [6, 6.07) is 5.71. The van der Waals surface area contributed by atoms with E-state index >= 15 is 0 Å². The molecule has 0 fully saturated rings. The van der Waals surface area contributed by atoms with Gasteiger partial charge in [-0.05, 0) is 19.1 Å². The summed E-state index contributed by atoms with van der Waals surface area (Å²) in [7, 11) is 0. The van der Waals surface area contributed by atoms with Crippen LogP contribution >= 0.6 is 0 Å². The van der Waals surface area contributed by atoms with E-state index in [2.05, 4.69) is 4.74 Å². The van der Waals surface area contributed by atoms with Gasteiger partial charge >= 0.3 is 6.11 Å². The van der Waals surface area contributed by atoms with E-state index in [1.165, 1.54) is 25.1 Å². The molecule has 0 radical (unpaired) electrons. The van der Waals surface area contributed by atoms with Crippen LogP contribution < -0.4 is 4.74 Å². The molecule has 0 aliphatic carbocycles. The van der Waals surface area contributed by atoms with Crippen molar-refractivity contribution in [3.63, 3.8) is 0 Å². The van der Waals surface area contributed by atoms with Crippen LogP contribution in [0.15, 0.2) is 24.3 Å². The second-order valence-corrected chi connectivity index (χ2v) is 2.99. The lowest BCUT2D eigenvalue weighted by atomic mass is 10.1. The monoisotopic (exact) mass is 200 g/mol. The van der Waals surface area contributed by atoms with Gasteiger partial charge in [0.25, 0.3) is 0 Å². The van der Waals surface area contributed by atoms with Gasteiger partial charge in [0.2, 0.25) is 0 Å². The minimum Gasteiger partial charge on any atom is -0.433 e. The molecule has 0 heterocycles. The molecule has 1 aromatic rings. The minimum atomic E-state index is -3.23. The maximum Gasteiger partial charge on any atom is 0.394 e. The standard InChI is InChI=1S/C10H10F2O2/c1-7(13)8-4-3-5-9(6-8)14-10(2,11)12/h3-6H,1-2H3.